The Kier molecular flexibility index (Phi) is 4.32. The Morgan fingerprint density at radius 3 is 2.56 bits per heavy atom. The van der Waals surface area contributed by atoms with Crippen molar-refractivity contribution in [1.29, 1.82) is 0 Å². The van der Waals surface area contributed by atoms with E-state index in [-0.39, 0.29) is 5.56 Å². The Bertz CT molecular complexity index is 1220. The monoisotopic (exact) mass is 376 g/mol. The van der Waals surface area contributed by atoms with Gasteiger partial charge in [-0.3, -0.25) is 4.79 Å². The van der Waals surface area contributed by atoms with Gasteiger partial charge in [0.05, 0.1) is 12.5 Å². The van der Waals surface area contributed by atoms with E-state index in [9.17, 15) is 4.79 Å². The van der Waals surface area contributed by atoms with E-state index >= 15 is 0 Å². The lowest BCUT2D eigenvalue weighted by atomic mass is 10.0. The number of aromatic nitrogens is 2. The van der Waals surface area contributed by atoms with Crippen LogP contribution in [0.4, 0.5) is 0 Å². The van der Waals surface area contributed by atoms with E-state index in [1.54, 1.807) is 18.4 Å². The fourth-order valence-electron chi connectivity index (χ4n) is 3.43. The van der Waals surface area contributed by atoms with E-state index in [2.05, 4.69) is 11.1 Å². The highest BCUT2D eigenvalue weighted by atomic mass is 32.1. The second kappa shape index (κ2) is 6.67. The predicted octanol–water partition coefficient (Wildman–Crippen LogP) is 5.25. The molecule has 27 heavy (non-hydrogen) atoms. The highest BCUT2D eigenvalue weighted by Gasteiger charge is 2.20. The van der Waals surface area contributed by atoms with Crippen molar-refractivity contribution in [3.63, 3.8) is 0 Å². The van der Waals surface area contributed by atoms with Gasteiger partial charge >= 0.3 is 0 Å². The first-order chi connectivity index (χ1) is 13.0. The van der Waals surface area contributed by atoms with Gasteiger partial charge in [-0.15, -0.1) is 11.3 Å². The lowest BCUT2D eigenvalue weighted by Gasteiger charge is -2.10. The van der Waals surface area contributed by atoms with Crippen LogP contribution in [0.5, 0.6) is 5.75 Å². The van der Waals surface area contributed by atoms with Gasteiger partial charge in [0.1, 0.15) is 16.4 Å². The van der Waals surface area contributed by atoms with Gasteiger partial charge in [-0.2, -0.15) is 0 Å². The van der Waals surface area contributed by atoms with E-state index < -0.39 is 0 Å². The fourth-order valence-corrected chi connectivity index (χ4v) is 4.46. The zero-order valence-electron chi connectivity index (χ0n) is 15.7. The summed E-state index contributed by atoms with van der Waals surface area (Å²) in [5, 5.41) is 0.624. The summed E-state index contributed by atoms with van der Waals surface area (Å²) >= 11 is 1.54. The molecule has 0 amide bonds. The van der Waals surface area contributed by atoms with E-state index in [1.165, 1.54) is 0 Å². The Morgan fingerprint density at radius 2 is 1.81 bits per heavy atom. The van der Waals surface area contributed by atoms with Crippen molar-refractivity contribution in [3.8, 4) is 28.3 Å². The Balaban J connectivity index is 2.01. The number of benzene rings is 2. The molecule has 0 saturated heterocycles. The van der Waals surface area contributed by atoms with Crippen molar-refractivity contribution >= 4 is 21.6 Å². The molecule has 4 nitrogen and oxygen atoms in total. The van der Waals surface area contributed by atoms with Gasteiger partial charge < -0.3 is 9.72 Å². The van der Waals surface area contributed by atoms with Gasteiger partial charge in [-0.05, 0) is 38.5 Å². The summed E-state index contributed by atoms with van der Waals surface area (Å²) in [4.78, 5) is 22.6. The topological polar surface area (TPSA) is 55.0 Å². The number of nitrogens with zero attached hydrogens (tertiary/aromatic N) is 1. The molecule has 2 aromatic heterocycles. The normalized spacial score (nSPS) is 11.1. The summed E-state index contributed by atoms with van der Waals surface area (Å²) in [6.07, 6.45) is 0. The Labute approximate surface area is 161 Å². The number of H-pyrrole nitrogens is 1. The first-order valence-electron chi connectivity index (χ1n) is 8.74. The first kappa shape index (κ1) is 17.5. The van der Waals surface area contributed by atoms with Crippen molar-refractivity contribution in [1.82, 2.24) is 9.97 Å². The van der Waals surface area contributed by atoms with Gasteiger partial charge in [0.15, 0.2) is 0 Å². The van der Waals surface area contributed by atoms with E-state index in [0.29, 0.717) is 11.2 Å². The summed E-state index contributed by atoms with van der Waals surface area (Å²) < 4.78 is 5.55. The first-order valence-corrected chi connectivity index (χ1v) is 9.55. The Morgan fingerprint density at radius 1 is 1.04 bits per heavy atom. The second-order valence-electron chi connectivity index (χ2n) is 6.65. The van der Waals surface area contributed by atoms with Crippen LogP contribution in [-0.2, 0) is 0 Å². The molecule has 0 bridgehead atoms. The van der Waals surface area contributed by atoms with E-state index in [1.807, 2.05) is 57.2 Å². The summed E-state index contributed by atoms with van der Waals surface area (Å²) in [6, 6.07) is 13.9. The van der Waals surface area contributed by atoms with Gasteiger partial charge in [-0.1, -0.05) is 35.9 Å². The van der Waals surface area contributed by atoms with Crippen LogP contribution in [0.2, 0.25) is 0 Å². The summed E-state index contributed by atoms with van der Waals surface area (Å²) in [5.41, 5.74) is 4.84. The molecule has 0 radical (unpaired) electrons. The molecule has 0 aliphatic carbocycles. The lowest BCUT2D eigenvalue weighted by Crippen LogP contribution is -2.09. The molecular weight excluding hydrogens is 356 g/mol. The molecule has 0 aliphatic heterocycles. The second-order valence-corrected chi connectivity index (χ2v) is 7.85. The maximum Gasteiger partial charge on any atom is 0.260 e. The minimum atomic E-state index is -0.124. The number of rotatable bonds is 3. The largest absolute Gasteiger partial charge is 0.496 e. The molecule has 4 rings (SSSR count). The maximum absolute atomic E-state index is 13.0. The van der Waals surface area contributed by atoms with Crippen LogP contribution in [-0.4, -0.2) is 17.1 Å². The number of nitrogens with one attached hydrogen (secondary N) is 1. The number of aromatic amines is 1. The SMILES string of the molecule is COc1ccc(C)cc1-c1c(C)sc2nc(-c3ccccc3C)[nH]c(=O)c12. The number of thiophene rings is 1. The molecule has 0 fully saturated rings. The molecule has 4 aromatic rings. The van der Waals surface area contributed by atoms with Crippen LogP contribution < -0.4 is 10.3 Å². The third-order valence-electron chi connectivity index (χ3n) is 4.76. The van der Waals surface area contributed by atoms with Crippen molar-refractivity contribution in [2.75, 3.05) is 7.11 Å². The van der Waals surface area contributed by atoms with Crippen LogP contribution >= 0.6 is 11.3 Å². The van der Waals surface area contributed by atoms with Crippen molar-refractivity contribution in [3.05, 3.63) is 68.8 Å². The molecule has 0 saturated carbocycles. The molecule has 2 heterocycles. The molecule has 136 valence electrons. The van der Waals surface area contributed by atoms with Crippen LogP contribution in [0.15, 0.2) is 47.3 Å². The van der Waals surface area contributed by atoms with E-state index in [4.69, 9.17) is 9.72 Å². The fraction of sp³-hybridized carbons (Fsp3) is 0.182. The van der Waals surface area contributed by atoms with Crippen LogP contribution in [0.3, 0.4) is 0 Å². The zero-order valence-corrected chi connectivity index (χ0v) is 16.5. The number of ether oxygens (including phenoxy) is 1. The number of hydrogen-bond acceptors (Lipinski definition) is 4. The smallest absolute Gasteiger partial charge is 0.260 e. The third-order valence-corrected chi connectivity index (χ3v) is 5.76. The minimum Gasteiger partial charge on any atom is -0.496 e. The molecule has 0 spiro atoms. The third kappa shape index (κ3) is 2.94. The molecule has 5 heteroatoms. The molecule has 2 aromatic carbocycles. The van der Waals surface area contributed by atoms with Crippen molar-refractivity contribution < 1.29 is 4.74 Å². The van der Waals surface area contributed by atoms with Crippen molar-refractivity contribution in [2.45, 2.75) is 20.8 Å². The number of hydrogen-bond donors (Lipinski definition) is 1. The summed E-state index contributed by atoms with van der Waals surface area (Å²) in [6.45, 7) is 6.07. The molecule has 1 N–H and O–H groups in total. The quantitative estimate of drug-likeness (QED) is 0.531. The lowest BCUT2D eigenvalue weighted by molar-refractivity contribution is 0.416. The van der Waals surface area contributed by atoms with Gasteiger partial charge in [0.25, 0.3) is 5.56 Å². The van der Waals surface area contributed by atoms with Crippen molar-refractivity contribution in [2.24, 2.45) is 0 Å². The predicted molar refractivity (Wildman–Crippen MR) is 112 cm³/mol. The van der Waals surface area contributed by atoms with Gasteiger partial charge in [0.2, 0.25) is 0 Å². The highest BCUT2D eigenvalue weighted by molar-refractivity contribution is 7.19. The zero-order chi connectivity index (χ0) is 19.1. The van der Waals surface area contributed by atoms with E-state index in [0.717, 1.165) is 43.3 Å². The van der Waals surface area contributed by atoms with Crippen LogP contribution in [0, 0.1) is 20.8 Å². The average molecular weight is 376 g/mol. The van der Waals surface area contributed by atoms with Gasteiger partial charge in [-0.25, -0.2) is 4.98 Å². The van der Waals surface area contributed by atoms with Crippen LogP contribution in [0.25, 0.3) is 32.7 Å². The number of aryl methyl sites for hydroxylation is 3. The molecule has 0 aliphatic rings. The minimum absolute atomic E-state index is 0.124. The molecular formula is C22H20N2O2S. The highest BCUT2D eigenvalue weighted by Crippen LogP contribution is 2.40. The molecule has 0 atom stereocenters. The van der Waals surface area contributed by atoms with Crippen LogP contribution in [0.1, 0.15) is 16.0 Å². The number of methoxy groups -OCH3 is 1. The summed E-state index contributed by atoms with van der Waals surface area (Å²) in [5.74, 6) is 1.36. The Hall–Kier alpha value is -2.92. The molecule has 0 unspecified atom stereocenters. The standard InChI is InChI=1S/C22H20N2O2S/c1-12-9-10-17(26-4)16(11-12)18-14(3)27-22-19(18)21(25)23-20(24-22)15-8-6-5-7-13(15)2/h5-11H,1-4H3,(H,23,24,25). The maximum atomic E-state index is 13.0. The average Bonchev–Trinajstić information content (AvgIpc) is 2.98. The number of fused-ring (bicyclic) bond motifs is 1. The van der Waals surface area contributed by atoms with Gasteiger partial charge in [0, 0.05) is 21.6 Å². The summed E-state index contributed by atoms with van der Waals surface area (Å²) in [7, 11) is 1.65.